The molecule has 0 saturated heterocycles. The van der Waals surface area contributed by atoms with Crippen molar-refractivity contribution in [2.75, 3.05) is 0 Å². The van der Waals surface area contributed by atoms with Gasteiger partial charge in [-0.25, -0.2) is 4.98 Å². The number of amides is 1. The molecule has 0 spiro atoms. The monoisotopic (exact) mass is 395 g/mol. The Balaban J connectivity index is 1.22. The molecule has 1 aromatic carbocycles. The standard InChI is InChI=1S/C22H25N3O2S/c23-20-13-4-3-5-14(20)11-15(10-13)21(26)24-12-16-8-9-18(27-16)22-25-17-6-1-2-7-19(17)28-22/h1-2,6-9,13-15,20H,3-5,10-12,23H2,(H,24,26). The van der Waals surface area contributed by atoms with E-state index < -0.39 is 0 Å². The molecule has 2 atom stereocenters. The second-order valence-corrected chi connectivity index (χ2v) is 9.20. The van der Waals surface area contributed by atoms with Crippen LogP contribution in [-0.4, -0.2) is 16.9 Å². The van der Waals surface area contributed by atoms with Crippen LogP contribution < -0.4 is 11.1 Å². The number of para-hydroxylation sites is 1. The van der Waals surface area contributed by atoms with Gasteiger partial charge in [0, 0.05) is 12.0 Å². The molecule has 3 N–H and O–H groups in total. The van der Waals surface area contributed by atoms with Crippen molar-refractivity contribution in [3.8, 4) is 10.8 Å². The Bertz CT molecular complexity index is 948. The molecule has 28 heavy (non-hydrogen) atoms. The van der Waals surface area contributed by atoms with E-state index in [2.05, 4.69) is 16.4 Å². The molecule has 2 bridgehead atoms. The maximum absolute atomic E-state index is 12.7. The van der Waals surface area contributed by atoms with Crippen molar-refractivity contribution in [3.63, 3.8) is 0 Å². The topological polar surface area (TPSA) is 81.2 Å². The number of thiazole rings is 1. The third-order valence-corrected chi connectivity index (χ3v) is 7.44. The molecule has 2 fully saturated rings. The molecule has 2 unspecified atom stereocenters. The molecule has 2 heterocycles. The first-order valence-electron chi connectivity index (χ1n) is 10.2. The summed E-state index contributed by atoms with van der Waals surface area (Å²) < 4.78 is 7.09. The first kappa shape index (κ1) is 17.9. The summed E-state index contributed by atoms with van der Waals surface area (Å²) in [6, 6.07) is 12.2. The predicted molar refractivity (Wildman–Crippen MR) is 111 cm³/mol. The minimum Gasteiger partial charge on any atom is -0.457 e. The van der Waals surface area contributed by atoms with Gasteiger partial charge in [0.2, 0.25) is 5.91 Å². The van der Waals surface area contributed by atoms with Crippen molar-refractivity contribution >= 4 is 27.5 Å². The summed E-state index contributed by atoms with van der Waals surface area (Å²) in [5, 5.41) is 3.94. The Morgan fingerprint density at radius 2 is 1.96 bits per heavy atom. The summed E-state index contributed by atoms with van der Waals surface area (Å²) >= 11 is 1.62. The molecule has 146 valence electrons. The van der Waals surface area contributed by atoms with Crippen LogP contribution in [-0.2, 0) is 11.3 Å². The minimum absolute atomic E-state index is 0.0915. The van der Waals surface area contributed by atoms with E-state index in [0.29, 0.717) is 24.4 Å². The summed E-state index contributed by atoms with van der Waals surface area (Å²) in [7, 11) is 0. The predicted octanol–water partition coefficient (Wildman–Crippen LogP) is 4.33. The summed E-state index contributed by atoms with van der Waals surface area (Å²) in [4.78, 5) is 17.3. The molecule has 5 nitrogen and oxygen atoms in total. The minimum atomic E-state index is 0.0915. The van der Waals surface area contributed by atoms with Gasteiger partial charge in [-0.2, -0.15) is 0 Å². The maximum atomic E-state index is 12.7. The SMILES string of the molecule is NC1C2CCCC1CC(C(=O)NCc1ccc(-c3nc4ccccc4s3)o1)C2. The fraction of sp³-hybridized carbons (Fsp3) is 0.455. The van der Waals surface area contributed by atoms with E-state index in [1.54, 1.807) is 11.3 Å². The average molecular weight is 396 g/mol. The van der Waals surface area contributed by atoms with E-state index in [0.717, 1.165) is 39.6 Å². The number of nitrogens with two attached hydrogens (primary N) is 1. The number of hydrogen-bond donors (Lipinski definition) is 2. The highest BCUT2D eigenvalue weighted by molar-refractivity contribution is 7.21. The molecular formula is C22H25N3O2S. The maximum Gasteiger partial charge on any atom is 0.223 e. The fourth-order valence-corrected chi connectivity index (χ4v) is 5.81. The highest BCUT2D eigenvalue weighted by Gasteiger charge is 2.40. The Labute approximate surface area is 168 Å². The zero-order valence-corrected chi connectivity index (χ0v) is 16.6. The van der Waals surface area contributed by atoms with Crippen LogP contribution in [0.3, 0.4) is 0 Å². The van der Waals surface area contributed by atoms with Gasteiger partial charge >= 0.3 is 0 Å². The second kappa shape index (κ2) is 7.33. The van der Waals surface area contributed by atoms with E-state index in [9.17, 15) is 4.79 Å². The van der Waals surface area contributed by atoms with Crippen molar-refractivity contribution in [2.45, 2.75) is 44.7 Å². The van der Waals surface area contributed by atoms with E-state index in [1.165, 1.54) is 19.3 Å². The zero-order valence-electron chi connectivity index (χ0n) is 15.8. The Morgan fingerprint density at radius 3 is 2.75 bits per heavy atom. The lowest BCUT2D eigenvalue weighted by atomic mass is 9.65. The number of hydrogen-bond acceptors (Lipinski definition) is 5. The molecule has 0 aliphatic heterocycles. The Morgan fingerprint density at radius 1 is 1.18 bits per heavy atom. The summed E-state index contributed by atoms with van der Waals surface area (Å²) in [5.74, 6) is 2.77. The van der Waals surface area contributed by atoms with E-state index in [-0.39, 0.29) is 11.8 Å². The number of carbonyl (C=O) groups excluding carboxylic acids is 1. The quantitative estimate of drug-likeness (QED) is 0.689. The van der Waals surface area contributed by atoms with Crippen molar-refractivity contribution < 1.29 is 9.21 Å². The highest BCUT2D eigenvalue weighted by atomic mass is 32.1. The molecule has 2 aliphatic carbocycles. The van der Waals surface area contributed by atoms with E-state index in [1.807, 2.05) is 30.3 Å². The molecule has 0 radical (unpaired) electrons. The lowest BCUT2D eigenvalue weighted by molar-refractivity contribution is -0.128. The van der Waals surface area contributed by atoms with Crippen LogP contribution in [0.15, 0.2) is 40.8 Å². The van der Waals surface area contributed by atoms with Gasteiger partial charge in [0.15, 0.2) is 10.8 Å². The van der Waals surface area contributed by atoms with Gasteiger partial charge in [-0.3, -0.25) is 4.79 Å². The molecule has 2 saturated carbocycles. The van der Waals surface area contributed by atoms with Gasteiger partial charge in [-0.05, 0) is 61.8 Å². The van der Waals surface area contributed by atoms with Gasteiger partial charge in [0.05, 0.1) is 16.8 Å². The van der Waals surface area contributed by atoms with Gasteiger partial charge in [0.25, 0.3) is 0 Å². The lowest BCUT2D eigenvalue weighted by Crippen LogP contribution is -2.49. The number of nitrogens with one attached hydrogen (secondary N) is 1. The molecule has 2 aliphatic rings. The molecule has 2 aromatic heterocycles. The Hall–Kier alpha value is -2.18. The lowest BCUT2D eigenvalue weighted by Gasteiger charge is -2.43. The van der Waals surface area contributed by atoms with Gasteiger partial charge < -0.3 is 15.5 Å². The van der Waals surface area contributed by atoms with Crippen LogP contribution in [0.4, 0.5) is 0 Å². The first-order valence-corrected chi connectivity index (χ1v) is 11.0. The number of fused-ring (bicyclic) bond motifs is 3. The average Bonchev–Trinajstić information content (AvgIpc) is 3.32. The van der Waals surface area contributed by atoms with Crippen LogP contribution in [0.1, 0.15) is 37.9 Å². The van der Waals surface area contributed by atoms with Crippen molar-refractivity contribution in [1.29, 1.82) is 0 Å². The second-order valence-electron chi connectivity index (χ2n) is 8.17. The normalized spacial score (nSPS) is 27.0. The summed E-state index contributed by atoms with van der Waals surface area (Å²) in [5.41, 5.74) is 7.33. The molecule has 3 aromatic rings. The highest BCUT2D eigenvalue weighted by Crippen LogP contribution is 2.42. The number of benzene rings is 1. The summed E-state index contributed by atoms with van der Waals surface area (Å²) in [6.07, 6.45) is 5.46. The molecule has 5 rings (SSSR count). The Kier molecular flexibility index (Phi) is 4.69. The largest absolute Gasteiger partial charge is 0.457 e. The number of rotatable bonds is 4. The van der Waals surface area contributed by atoms with Gasteiger partial charge in [-0.15, -0.1) is 11.3 Å². The first-order chi connectivity index (χ1) is 13.7. The molecular weight excluding hydrogens is 370 g/mol. The number of nitrogens with zero attached hydrogens (tertiary/aromatic N) is 1. The van der Waals surface area contributed by atoms with Crippen LogP contribution in [0.25, 0.3) is 21.0 Å². The van der Waals surface area contributed by atoms with Crippen molar-refractivity contribution in [3.05, 3.63) is 42.2 Å². The number of aromatic nitrogens is 1. The number of carbonyl (C=O) groups is 1. The van der Waals surface area contributed by atoms with Crippen molar-refractivity contribution in [2.24, 2.45) is 23.5 Å². The molecule has 6 heteroatoms. The third-order valence-electron chi connectivity index (χ3n) is 6.39. The van der Waals surface area contributed by atoms with E-state index in [4.69, 9.17) is 10.2 Å². The molecule has 1 amide bonds. The zero-order chi connectivity index (χ0) is 19.1. The fourth-order valence-electron chi connectivity index (χ4n) is 4.89. The smallest absolute Gasteiger partial charge is 0.223 e. The third kappa shape index (κ3) is 3.35. The van der Waals surface area contributed by atoms with Crippen LogP contribution in [0, 0.1) is 17.8 Å². The summed E-state index contributed by atoms with van der Waals surface area (Å²) in [6.45, 7) is 0.418. The van der Waals surface area contributed by atoms with Crippen molar-refractivity contribution in [1.82, 2.24) is 10.3 Å². The van der Waals surface area contributed by atoms with Crippen LogP contribution in [0.5, 0.6) is 0 Å². The number of furan rings is 1. The van der Waals surface area contributed by atoms with Gasteiger partial charge in [-0.1, -0.05) is 18.6 Å². The van der Waals surface area contributed by atoms with Crippen LogP contribution >= 0.6 is 11.3 Å². The van der Waals surface area contributed by atoms with E-state index >= 15 is 0 Å². The van der Waals surface area contributed by atoms with Crippen LogP contribution in [0.2, 0.25) is 0 Å². The van der Waals surface area contributed by atoms with Gasteiger partial charge in [0.1, 0.15) is 5.76 Å².